The fourth-order valence-corrected chi connectivity index (χ4v) is 4.92. The van der Waals surface area contributed by atoms with Crippen molar-refractivity contribution in [2.45, 2.75) is 71.8 Å². The monoisotopic (exact) mass is 595 g/mol. The van der Waals surface area contributed by atoms with Crippen molar-refractivity contribution in [2.75, 3.05) is 11.5 Å². The predicted octanol–water partition coefficient (Wildman–Crippen LogP) is 1.92. The predicted molar refractivity (Wildman–Crippen MR) is 150 cm³/mol. The molecule has 4 rings (SSSR count). The van der Waals surface area contributed by atoms with Crippen molar-refractivity contribution < 1.29 is 47.8 Å². The second kappa shape index (κ2) is 13.5. The molecule has 1 saturated heterocycles. The van der Waals surface area contributed by atoms with E-state index in [1.165, 1.54) is 13.8 Å². The molecule has 13 heteroatoms. The van der Waals surface area contributed by atoms with E-state index in [-0.39, 0.29) is 12.3 Å². The van der Waals surface area contributed by atoms with Gasteiger partial charge in [0.05, 0.1) is 12.2 Å². The van der Waals surface area contributed by atoms with Gasteiger partial charge in [0.15, 0.2) is 17.9 Å². The van der Waals surface area contributed by atoms with Gasteiger partial charge in [-0.1, -0.05) is 47.1 Å². The van der Waals surface area contributed by atoms with Crippen LogP contribution in [0.4, 0.5) is 5.69 Å². The Morgan fingerprint density at radius 1 is 0.930 bits per heavy atom. The van der Waals surface area contributed by atoms with Crippen molar-refractivity contribution >= 4 is 41.1 Å². The first-order chi connectivity index (χ1) is 20.4. The molecule has 0 radical (unpaired) electrons. The van der Waals surface area contributed by atoms with E-state index in [0.717, 1.165) is 25.0 Å². The largest absolute Gasteiger partial charge is 0.463 e. The van der Waals surface area contributed by atoms with Gasteiger partial charge in [0.2, 0.25) is 5.91 Å². The van der Waals surface area contributed by atoms with Crippen LogP contribution in [0.1, 0.15) is 44.4 Å². The topological polar surface area (TPSA) is 159 Å². The molecule has 0 bridgehead atoms. The average Bonchev–Trinajstić information content (AvgIpc) is 3.18. The van der Waals surface area contributed by atoms with E-state index < -0.39 is 67.0 Å². The van der Waals surface area contributed by atoms with Gasteiger partial charge in [-0.05, 0) is 24.6 Å². The summed E-state index contributed by atoms with van der Waals surface area (Å²) in [4.78, 5) is 68.9. The highest BCUT2D eigenvalue weighted by atomic mass is 16.8. The molecule has 0 spiro atoms. The number of nitrogens with zero attached hydrogens (tertiary/aromatic N) is 2. The van der Waals surface area contributed by atoms with Crippen molar-refractivity contribution in [3.63, 3.8) is 0 Å². The molecule has 43 heavy (non-hydrogen) atoms. The first kappa shape index (κ1) is 31.2. The van der Waals surface area contributed by atoms with Crippen LogP contribution in [0.3, 0.4) is 0 Å². The van der Waals surface area contributed by atoms with Gasteiger partial charge >= 0.3 is 17.9 Å². The third-order valence-corrected chi connectivity index (χ3v) is 6.65. The summed E-state index contributed by atoms with van der Waals surface area (Å²) in [6.07, 6.45) is -5.26. The zero-order valence-corrected chi connectivity index (χ0v) is 24.4. The Morgan fingerprint density at radius 2 is 1.60 bits per heavy atom. The lowest BCUT2D eigenvalue weighted by Gasteiger charge is -2.43. The van der Waals surface area contributed by atoms with E-state index in [9.17, 15) is 24.0 Å². The Labute approximate surface area is 248 Å². The zero-order valence-electron chi connectivity index (χ0n) is 24.4. The summed E-state index contributed by atoms with van der Waals surface area (Å²) in [6, 6.07) is 13.7. The molecule has 0 aliphatic carbocycles. The Bertz CT molecular complexity index is 1430. The van der Waals surface area contributed by atoms with E-state index in [1.807, 2.05) is 49.4 Å². The smallest absolute Gasteiger partial charge is 0.303 e. The number of fused-ring (bicyclic) bond motifs is 1. The number of carbonyl (C=O) groups excluding carboxylic acids is 5. The first-order valence-corrected chi connectivity index (χ1v) is 13.6. The minimum Gasteiger partial charge on any atom is -0.463 e. The molecule has 2 aliphatic rings. The van der Waals surface area contributed by atoms with Crippen LogP contribution < -0.4 is 10.2 Å². The van der Waals surface area contributed by atoms with Gasteiger partial charge in [0.1, 0.15) is 18.8 Å². The number of benzene rings is 2. The maximum Gasteiger partial charge on any atom is 0.303 e. The minimum atomic E-state index is -1.46. The molecule has 1 N–H and O–H groups in total. The van der Waals surface area contributed by atoms with Gasteiger partial charge in [-0.15, -0.1) is 0 Å². The third kappa shape index (κ3) is 7.55. The lowest BCUT2D eigenvalue weighted by molar-refractivity contribution is -0.278. The van der Waals surface area contributed by atoms with Gasteiger partial charge in [0, 0.05) is 33.3 Å². The number of hydrogen-bond donors (Lipinski definition) is 1. The number of anilines is 1. The van der Waals surface area contributed by atoms with E-state index in [0.29, 0.717) is 11.3 Å². The molecule has 2 aromatic rings. The highest BCUT2D eigenvalue weighted by molar-refractivity contribution is 6.54. The van der Waals surface area contributed by atoms with Crippen LogP contribution in [0.25, 0.3) is 0 Å². The van der Waals surface area contributed by atoms with Crippen LogP contribution in [0.5, 0.6) is 0 Å². The molecular formula is C30H33N3O10. The third-order valence-electron chi connectivity index (χ3n) is 6.65. The maximum absolute atomic E-state index is 13.7. The fraction of sp³-hybridized carbons (Fsp3) is 0.400. The summed E-state index contributed by atoms with van der Waals surface area (Å²) in [5, 5.41) is 6.78. The number of esters is 3. The lowest BCUT2D eigenvalue weighted by Crippen LogP contribution is -2.66. The average molecular weight is 596 g/mol. The number of hydrogen-bond acceptors (Lipinski definition) is 11. The summed E-state index contributed by atoms with van der Waals surface area (Å²) in [5.74, 6) is -3.09. The number of carbonyl (C=O) groups is 5. The van der Waals surface area contributed by atoms with Crippen LogP contribution in [-0.2, 0) is 54.3 Å². The molecule has 2 amide bonds. The molecule has 1 fully saturated rings. The number of rotatable bonds is 9. The number of nitrogens with one attached hydrogen (secondary N) is 1. The summed E-state index contributed by atoms with van der Waals surface area (Å²) < 4.78 is 22.0. The molecule has 0 aromatic heterocycles. The molecule has 0 saturated carbocycles. The highest BCUT2D eigenvalue weighted by Gasteiger charge is 2.52. The van der Waals surface area contributed by atoms with Gasteiger partial charge in [-0.2, -0.15) is 0 Å². The van der Waals surface area contributed by atoms with Crippen molar-refractivity contribution in [3.8, 4) is 0 Å². The van der Waals surface area contributed by atoms with Crippen molar-refractivity contribution in [2.24, 2.45) is 5.16 Å². The van der Waals surface area contributed by atoms with Crippen LogP contribution in [-0.4, -0.2) is 72.7 Å². The van der Waals surface area contributed by atoms with Gasteiger partial charge in [-0.25, -0.2) is 0 Å². The zero-order chi connectivity index (χ0) is 31.3. The minimum absolute atomic E-state index is 0.0116. The second-order valence-electron chi connectivity index (χ2n) is 10.2. The Balaban J connectivity index is 1.71. The number of aryl methyl sites for hydroxylation is 1. The van der Waals surface area contributed by atoms with Crippen molar-refractivity contribution in [1.29, 1.82) is 0 Å². The standard InChI is InChI=1S/C30H33N3O10/c1-16-11-12-23-22(13-16)25(29(38)33(23)14-21-9-7-6-8-10-21)32-43-30-26(31-17(2)34)28(41-20(5)37)27(40-19(4)36)24(42-30)15-39-18(3)35/h6-13,24,26-28,30H,14-15H2,1-5H3,(H,31,34)/t24-,26+,27+,28-,30+/m1/s1. The Hall–Kier alpha value is -4.78. The SMILES string of the molecule is CC(=O)N[C@@H]1[C@H](ON=C2C(=O)N(Cc3ccccc3)c3ccc(C)cc32)O[C@H](COC(C)=O)[C@H](OC(C)=O)[C@@H]1OC(C)=O. The number of ether oxygens (including phenoxy) is 4. The first-order valence-electron chi connectivity index (χ1n) is 13.6. The molecular weight excluding hydrogens is 562 g/mol. The van der Waals surface area contributed by atoms with E-state index in [4.69, 9.17) is 23.8 Å². The normalized spacial score (nSPS) is 23.7. The summed E-state index contributed by atoms with van der Waals surface area (Å²) in [5.41, 5.74) is 2.93. The van der Waals surface area contributed by atoms with Gasteiger partial charge < -0.3 is 34.0 Å². The van der Waals surface area contributed by atoms with Gasteiger partial charge in [-0.3, -0.25) is 24.0 Å². The second-order valence-corrected chi connectivity index (χ2v) is 10.2. The van der Waals surface area contributed by atoms with Crippen LogP contribution in [0.15, 0.2) is 53.7 Å². The Kier molecular flexibility index (Phi) is 9.76. The van der Waals surface area contributed by atoms with Crippen molar-refractivity contribution in [1.82, 2.24) is 5.32 Å². The highest BCUT2D eigenvalue weighted by Crippen LogP contribution is 2.33. The molecule has 2 heterocycles. The van der Waals surface area contributed by atoms with Gasteiger partial charge in [0.25, 0.3) is 12.2 Å². The van der Waals surface area contributed by atoms with Crippen LogP contribution >= 0.6 is 0 Å². The molecule has 2 aliphatic heterocycles. The van der Waals surface area contributed by atoms with Crippen LogP contribution in [0.2, 0.25) is 0 Å². The van der Waals surface area contributed by atoms with E-state index in [1.54, 1.807) is 11.0 Å². The molecule has 0 unspecified atom stereocenters. The summed E-state index contributed by atoms with van der Waals surface area (Å²) >= 11 is 0. The van der Waals surface area contributed by atoms with Crippen molar-refractivity contribution in [3.05, 3.63) is 65.2 Å². The molecule has 5 atom stereocenters. The van der Waals surface area contributed by atoms with E-state index >= 15 is 0 Å². The Morgan fingerprint density at radius 3 is 2.23 bits per heavy atom. The maximum atomic E-state index is 13.7. The lowest BCUT2D eigenvalue weighted by atomic mass is 9.96. The molecule has 13 nitrogen and oxygen atoms in total. The molecule has 228 valence electrons. The summed E-state index contributed by atoms with van der Waals surface area (Å²) in [6.45, 7) is 6.44. The number of amides is 2. The summed E-state index contributed by atoms with van der Waals surface area (Å²) in [7, 11) is 0. The number of oxime groups is 1. The fourth-order valence-electron chi connectivity index (χ4n) is 4.92. The molecule has 2 aromatic carbocycles. The quantitative estimate of drug-likeness (QED) is 0.258. The van der Waals surface area contributed by atoms with Crippen LogP contribution in [0, 0.1) is 6.92 Å². The van der Waals surface area contributed by atoms with E-state index in [2.05, 4.69) is 10.5 Å².